The van der Waals surface area contributed by atoms with Crippen molar-refractivity contribution in [3.63, 3.8) is 0 Å². The molecule has 0 fully saturated rings. The minimum absolute atomic E-state index is 0.0112. The highest BCUT2D eigenvalue weighted by atomic mass is 16.4. The first-order valence-corrected chi connectivity index (χ1v) is 11.1. The Morgan fingerprint density at radius 1 is 0.800 bits per heavy atom. The standard InChI is InChI=1S/C22H33N5O8/c23-10-2-1-3-16(22(34)35)26-21(33)17(11-13-4-6-14(28)7-5-13)27-20(32)15(8-9-19(30)31)25-18(29)12-24/h4-7,15-17,28H,1-3,8-12,23-24H2,(H,25,29)(H,26,33)(H,27,32)(H,30,31)(H,34,35). The van der Waals surface area contributed by atoms with Crippen molar-refractivity contribution >= 4 is 29.7 Å². The fourth-order valence-electron chi connectivity index (χ4n) is 3.16. The molecule has 1 aromatic rings. The van der Waals surface area contributed by atoms with Crippen molar-refractivity contribution in [1.29, 1.82) is 0 Å². The number of phenols is 1. The summed E-state index contributed by atoms with van der Waals surface area (Å²) in [4.78, 5) is 60.2. The SMILES string of the molecule is NCCCCC(NC(=O)C(Cc1ccc(O)cc1)NC(=O)C(CCC(=O)O)NC(=O)CN)C(=O)O. The molecule has 3 amide bonds. The van der Waals surface area contributed by atoms with Gasteiger partial charge >= 0.3 is 11.9 Å². The number of hydrogen-bond acceptors (Lipinski definition) is 8. The molecule has 0 heterocycles. The van der Waals surface area contributed by atoms with Gasteiger partial charge in [0.1, 0.15) is 23.9 Å². The smallest absolute Gasteiger partial charge is 0.326 e. The number of nitrogens with two attached hydrogens (primary N) is 2. The predicted molar refractivity (Wildman–Crippen MR) is 124 cm³/mol. The van der Waals surface area contributed by atoms with Crippen LogP contribution < -0.4 is 27.4 Å². The molecule has 1 rings (SSSR count). The Hall–Kier alpha value is -3.71. The summed E-state index contributed by atoms with van der Waals surface area (Å²) in [5.41, 5.74) is 11.2. The summed E-state index contributed by atoms with van der Waals surface area (Å²) in [5.74, 6) is -4.76. The van der Waals surface area contributed by atoms with Gasteiger partial charge in [-0.05, 0) is 49.9 Å². The van der Waals surface area contributed by atoms with Crippen molar-refractivity contribution in [1.82, 2.24) is 16.0 Å². The van der Waals surface area contributed by atoms with E-state index >= 15 is 0 Å². The van der Waals surface area contributed by atoms with Crippen LogP contribution in [0.5, 0.6) is 5.75 Å². The number of nitrogens with one attached hydrogen (secondary N) is 3. The fourth-order valence-corrected chi connectivity index (χ4v) is 3.16. The highest BCUT2D eigenvalue weighted by Gasteiger charge is 2.29. The maximum Gasteiger partial charge on any atom is 0.326 e. The molecule has 0 saturated heterocycles. The van der Waals surface area contributed by atoms with E-state index in [1.807, 2.05) is 0 Å². The first-order valence-electron chi connectivity index (χ1n) is 11.1. The second kappa shape index (κ2) is 15.2. The van der Waals surface area contributed by atoms with Crippen LogP contribution in [0.1, 0.15) is 37.7 Å². The van der Waals surface area contributed by atoms with Crippen LogP contribution in [0.4, 0.5) is 0 Å². The molecule has 1 aromatic carbocycles. The van der Waals surface area contributed by atoms with Gasteiger partial charge in [0, 0.05) is 12.8 Å². The number of carbonyl (C=O) groups excluding carboxylic acids is 3. The molecule has 194 valence electrons. The van der Waals surface area contributed by atoms with Crippen molar-refractivity contribution in [3.8, 4) is 5.75 Å². The molecule has 35 heavy (non-hydrogen) atoms. The second-order valence-electron chi connectivity index (χ2n) is 7.87. The lowest BCUT2D eigenvalue weighted by Gasteiger charge is -2.24. The van der Waals surface area contributed by atoms with Crippen LogP contribution in [0.25, 0.3) is 0 Å². The van der Waals surface area contributed by atoms with Gasteiger partial charge in [0.2, 0.25) is 17.7 Å². The van der Waals surface area contributed by atoms with Crippen molar-refractivity contribution in [2.75, 3.05) is 13.1 Å². The quantitative estimate of drug-likeness (QED) is 0.123. The molecule has 10 N–H and O–H groups in total. The van der Waals surface area contributed by atoms with E-state index in [0.717, 1.165) is 0 Å². The number of carbonyl (C=O) groups is 5. The number of carboxylic acids is 2. The molecule has 0 radical (unpaired) electrons. The highest BCUT2D eigenvalue weighted by molar-refractivity contribution is 5.94. The lowest BCUT2D eigenvalue weighted by Crippen LogP contribution is -2.56. The van der Waals surface area contributed by atoms with Gasteiger partial charge in [-0.2, -0.15) is 0 Å². The highest BCUT2D eigenvalue weighted by Crippen LogP contribution is 2.12. The number of aliphatic carboxylic acids is 2. The summed E-state index contributed by atoms with van der Waals surface area (Å²) in [7, 11) is 0. The van der Waals surface area contributed by atoms with Crippen LogP contribution in [0.3, 0.4) is 0 Å². The topological polar surface area (TPSA) is 234 Å². The van der Waals surface area contributed by atoms with Gasteiger partial charge in [0.25, 0.3) is 0 Å². The molecule has 0 saturated carbocycles. The predicted octanol–water partition coefficient (Wildman–Crippen LogP) is -1.57. The third-order valence-electron chi connectivity index (χ3n) is 5.05. The Morgan fingerprint density at radius 3 is 1.94 bits per heavy atom. The lowest BCUT2D eigenvalue weighted by atomic mass is 10.0. The van der Waals surface area contributed by atoms with Crippen molar-refractivity contribution < 1.29 is 39.3 Å². The Morgan fingerprint density at radius 2 is 1.40 bits per heavy atom. The van der Waals surface area contributed by atoms with Crippen LogP contribution in [0, 0.1) is 0 Å². The normalized spacial score (nSPS) is 13.2. The summed E-state index contributed by atoms with van der Waals surface area (Å²) in [5, 5.41) is 35.1. The zero-order valence-corrected chi connectivity index (χ0v) is 19.2. The molecule has 0 aliphatic heterocycles. The Kier molecular flexibility index (Phi) is 12.8. The van der Waals surface area contributed by atoms with Crippen molar-refractivity contribution in [3.05, 3.63) is 29.8 Å². The summed E-state index contributed by atoms with van der Waals surface area (Å²) < 4.78 is 0. The van der Waals surface area contributed by atoms with Crippen LogP contribution >= 0.6 is 0 Å². The number of hydrogen-bond donors (Lipinski definition) is 8. The Labute approximate surface area is 202 Å². The molecule has 0 bridgehead atoms. The van der Waals surface area contributed by atoms with Crippen molar-refractivity contribution in [2.45, 2.75) is 56.7 Å². The minimum Gasteiger partial charge on any atom is -0.508 e. The van der Waals surface area contributed by atoms with Gasteiger partial charge in [0.15, 0.2) is 0 Å². The van der Waals surface area contributed by atoms with Gasteiger partial charge < -0.3 is 42.7 Å². The summed E-state index contributed by atoms with van der Waals surface area (Å²) >= 11 is 0. The van der Waals surface area contributed by atoms with Gasteiger partial charge in [0.05, 0.1) is 6.54 Å². The van der Waals surface area contributed by atoms with E-state index in [-0.39, 0.29) is 25.0 Å². The molecule has 3 unspecified atom stereocenters. The summed E-state index contributed by atoms with van der Waals surface area (Å²) in [6, 6.07) is 2.06. The number of rotatable bonds is 16. The van der Waals surface area contributed by atoms with Crippen LogP contribution in [0.2, 0.25) is 0 Å². The molecule has 0 aromatic heterocycles. The Bertz CT molecular complexity index is 877. The molecule has 0 aliphatic rings. The minimum atomic E-state index is -1.28. The van der Waals surface area contributed by atoms with E-state index in [1.165, 1.54) is 24.3 Å². The van der Waals surface area contributed by atoms with Crippen molar-refractivity contribution in [2.24, 2.45) is 11.5 Å². The number of unbranched alkanes of at least 4 members (excludes halogenated alkanes) is 1. The van der Waals surface area contributed by atoms with Gasteiger partial charge in [-0.3, -0.25) is 19.2 Å². The molecular weight excluding hydrogens is 462 g/mol. The van der Waals surface area contributed by atoms with Gasteiger partial charge in [-0.15, -0.1) is 0 Å². The zero-order chi connectivity index (χ0) is 26.4. The third-order valence-corrected chi connectivity index (χ3v) is 5.05. The lowest BCUT2D eigenvalue weighted by molar-refractivity contribution is -0.142. The monoisotopic (exact) mass is 495 g/mol. The number of benzene rings is 1. The molecule has 3 atom stereocenters. The summed E-state index contributed by atoms with van der Waals surface area (Å²) in [6.45, 7) is -0.0660. The number of phenolic OH excluding ortho intramolecular Hbond substituents is 1. The average molecular weight is 496 g/mol. The first-order chi connectivity index (χ1) is 16.6. The first kappa shape index (κ1) is 29.3. The maximum atomic E-state index is 13.0. The maximum absolute atomic E-state index is 13.0. The number of amides is 3. The Balaban J connectivity index is 3.09. The average Bonchev–Trinajstić information content (AvgIpc) is 2.81. The molecule has 13 heteroatoms. The zero-order valence-electron chi connectivity index (χ0n) is 19.2. The van der Waals surface area contributed by atoms with Crippen LogP contribution in [-0.4, -0.2) is 76.2 Å². The van der Waals surface area contributed by atoms with Gasteiger partial charge in [-0.1, -0.05) is 12.1 Å². The van der Waals surface area contributed by atoms with E-state index in [1.54, 1.807) is 0 Å². The molecule has 0 spiro atoms. The fraction of sp³-hybridized carbons (Fsp3) is 0.500. The van der Waals surface area contributed by atoms with E-state index < -0.39 is 60.8 Å². The molecule has 13 nitrogen and oxygen atoms in total. The molecule has 0 aliphatic carbocycles. The van der Waals surface area contributed by atoms with Crippen LogP contribution in [0.15, 0.2) is 24.3 Å². The largest absolute Gasteiger partial charge is 0.508 e. The van der Waals surface area contributed by atoms with Crippen LogP contribution in [-0.2, 0) is 30.4 Å². The number of aromatic hydroxyl groups is 1. The van der Waals surface area contributed by atoms with E-state index in [4.69, 9.17) is 16.6 Å². The molecular formula is C22H33N5O8. The van der Waals surface area contributed by atoms with E-state index in [9.17, 15) is 34.2 Å². The number of carboxylic acid groups (broad SMARTS) is 2. The van der Waals surface area contributed by atoms with E-state index in [2.05, 4.69) is 16.0 Å². The second-order valence-corrected chi connectivity index (χ2v) is 7.87. The third kappa shape index (κ3) is 11.3. The summed E-state index contributed by atoms with van der Waals surface area (Å²) in [6.07, 6.45) is 0.414. The van der Waals surface area contributed by atoms with Gasteiger partial charge in [-0.25, -0.2) is 4.79 Å². The van der Waals surface area contributed by atoms with E-state index in [0.29, 0.717) is 24.9 Å².